The van der Waals surface area contributed by atoms with Gasteiger partial charge in [0.25, 0.3) is 5.91 Å². The van der Waals surface area contributed by atoms with Crippen molar-refractivity contribution < 1.29 is 19.1 Å². The summed E-state index contributed by atoms with van der Waals surface area (Å²) >= 11 is 1.31. The molecule has 6 nitrogen and oxygen atoms in total. The molecule has 0 unspecified atom stereocenters. The number of carbonyl (C=O) groups is 2. The van der Waals surface area contributed by atoms with Gasteiger partial charge in [0.05, 0.1) is 29.4 Å². The Morgan fingerprint density at radius 2 is 1.79 bits per heavy atom. The summed E-state index contributed by atoms with van der Waals surface area (Å²) in [5.74, 6) is 0.238. The van der Waals surface area contributed by atoms with Crippen LogP contribution in [0.15, 0.2) is 70.6 Å². The third kappa shape index (κ3) is 4.78. The highest BCUT2D eigenvalue weighted by Gasteiger charge is 2.31. The van der Waals surface area contributed by atoms with E-state index in [1.807, 2.05) is 49.4 Å². The Bertz CT molecular complexity index is 1270. The smallest absolute Gasteiger partial charge is 0.338 e. The molecular formula is C26H24N2O4S. The number of amides is 1. The van der Waals surface area contributed by atoms with Gasteiger partial charge in [-0.1, -0.05) is 30.3 Å². The quantitative estimate of drug-likeness (QED) is 0.351. The Kier molecular flexibility index (Phi) is 6.79. The van der Waals surface area contributed by atoms with Crippen LogP contribution in [-0.2, 0) is 9.53 Å². The maximum Gasteiger partial charge on any atom is 0.338 e. The lowest BCUT2D eigenvalue weighted by Gasteiger charge is -2.11. The SMILES string of the molecule is CCOC(=O)c1ccc(N=C2S/C(=C\c3c(OCC)ccc4ccccc34)C(=O)N2C)cc1. The van der Waals surface area contributed by atoms with E-state index in [4.69, 9.17) is 9.47 Å². The molecule has 3 aromatic rings. The largest absolute Gasteiger partial charge is 0.493 e. The van der Waals surface area contributed by atoms with Crippen molar-refractivity contribution in [1.82, 2.24) is 4.90 Å². The molecule has 1 aliphatic heterocycles. The van der Waals surface area contributed by atoms with Gasteiger partial charge >= 0.3 is 5.97 Å². The van der Waals surface area contributed by atoms with Crippen molar-refractivity contribution in [2.75, 3.05) is 20.3 Å². The van der Waals surface area contributed by atoms with E-state index in [1.54, 1.807) is 38.2 Å². The van der Waals surface area contributed by atoms with Crippen LogP contribution in [-0.4, -0.2) is 42.2 Å². The third-order valence-corrected chi connectivity index (χ3v) is 6.17. The molecule has 0 atom stereocenters. The Hall–Kier alpha value is -3.58. The van der Waals surface area contributed by atoms with Gasteiger partial charge in [-0.2, -0.15) is 0 Å². The number of likely N-dealkylation sites (N-methyl/N-ethyl adjacent to an activating group) is 1. The molecule has 0 aromatic heterocycles. The molecule has 1 heterocycles. The molecule has 7 heteroatoms. The summed E-state index contributed by atoms with van der Waals surface area (Å²) in [6.45, 7) is 4.56. The van der Waals surface area contributed by atoms with Crippen molar-refractivity contribution in [3.8, 4) is 5.75 Å². The van der Waals surface area contributed by atoms with Crippen molar-refractivity contribution in [3.63, 3.8) is 0 Å². The van der Waals surface area contributed by atoms with Gasteiger partial charge in [-0.25, -0.2) is 9.79 Å². The number of carbonyl (C=O) groups excluding carboxylic acids is 2. The predicted molar refractivity (Wildman–Crippen MR) is 133 cm³/mol. The van der Waals surface area contributed by atoms with Crippen molar-refractivity contribution in [2.45, 2.75) is 13.8 Å². The van der Waals surface area contributed by atoms with Crippen LogP contribution in [0.3, 0.4) is 0 Å². The van der Waals surface area contributed by atoms with Gasteiger partial charge < -0.3 is 9.47 Å². The molecule has 0 radical (unpaired) electrons. The minimum atomic E-state index is -0.371. The number of fused-ring (bicyclic) bond motifs is 1. The number of amidine groups is 1. The fourth-order valence-electron chi connectivity index (χ4n) is 3.49. The van der Waals surface area contributed by atoms with E-state index in [2.05, 4.69) is 4.99 Å². The van der Waals surface area contributed by atoms with Crippen LogP contribution >= 0.6 is 11.8 Å². The number of aliphatic imine (C=N–C) groups is 1. The first-order valence-electron chi connectivity index (χ1n) is 10.7. The van der Waals surface area contributed by atoms with E-state index in [0.717, 1.165) is 22.1 Å². The van der Waals surface area contributed by atoms with Gasteiger partial charge in [-0.3, -0.25) is 9.69 Å². The summed E-state index contributed by atoms with van der Waals surface area (Å²) in [6.07, 6.45) is 1.88. The van der Waals surface area contributed by atoms with Crippen molar-refractivity contribution in [1.29, 1.82) is 0 Å². The van der Waals surface area contributed by atoms with Crippen LogP contribution in [0.2, 0.25) is 0 Å². The summed E-state index contributed by atoms with van der Waals surface area (Å²) in [5, 5.41) is 2.66. The van der Waals surface area contributed by atoms with Crippen LogP contribution in [0.4, 0.5) is 5.69 Å². The zero-order valence-electron chi connectivity index (χ0n) is 18.7. The minimum Gasteiger partial charge on any atom is -0.493 e. The van der Waals surface area contributed by atoms with E-state index in [-0.39, 0.29) is 11.9 Å². The van der Waals surface area contributed by atoms with Gasteiger partial charge in [0, 0.05) is 12.6 Å². The summed E-state index contributed by atoms with van der Waals surface area (Å²) in [7, 11) is 1.70. The van der Waals surface area contributed by atoms with Crippen molar-refractivity contribution in [2.24, 2.45) is 4.99 Å². The summed E-state index contributed by atoms with van der Waals surface area (Å²) in [6, 6.07) is 18.8. The highest BCUT2D eigenvalue weighted by atomic mass is 32.2. The number of benzene rings is 3. The van der Waals surface area contributed by atoms with Crippen LogP contribution in [0.5, 0.6) is 5.75 Å². The fourth-order valence-corrected chi connectivity index (χ4v) is 4.45. The Labute approximate surface area is 196 Å². The average molecular weight is 461 g/mol. The number of esters is 1. The monoisotopic (exact) mass is 460 g/mol. The van der Waals surface area contributed by atoms with Crippen LogP contribution < -0.4 is 4.74 Å². The number of hydrogen-bond donors (Lipinski definition) is 0. The Morgan fingerprint density at radius 3 is 2.52 bits per heavy atom. The maximum absolute atomic E-state index is 13.0. The standard InChI is InChI=1S/C26H24N2O4S/c1-4-31-22-15-12-17-8-6-7-9-20(17)21(22)16-23-24(29)28(3)26(33-23)27-19-13-10-18(11-14-19)25(30)32-5-2/h6-16H,4-5H2,1-3H3/b23-16-,27-26?. The number of hydrogen-bond acceptors (Lipinski definition) is 6. The normalized spacial score (nSPS) is 16.1. The summed E-state index contributed by atoms with van der Waals surface area (Å²) in [4.78, 5) is 31.5. The highest BCUT2D eigenvalue weighted by Crippen LogP contribution is 2.37. The molecule has 0 spiro atoms. The van der Waals surface area contributed by atoms with E-state index >= 15 is 0 Å². The number of rotatable bonds is 6. The summed E-state index contributed by atoms with van der Waals surface area (Å²) < 4.78 is 10.9. The average Bonchev–Trinajstić information content (AvgIpc) is 3.09. The topological polar surface area (TPSA) is 68.2 Å². The van der Waals surface area contributed by atoms with Crippen LogP contribution in [0.25, 0.3) is 16.8 Å². The van der Waals surface area contributed by atoms with Crippen molar-refractivity contribution in [3.05, 3.63) is 76.7 Å². The molecule has 0 N–H and O–H groups in total. The first kappa shape index (κ1) is 22.6. The lowest BCUT2D eigenvalue weighted by molar-refractivity contribution is -0.121. The highest BCUT2D eigenvalue weighted by molar-refractivity contribution is 8.18. The first-order chi connectivity index (χ1) is 16.0. The molecular weight excluding hydrogens is 436 g/mol. The molecule has 0 bridgehead atoms. The fraction of sp³-hybridized carbons (Fsp3) is 0.192. The first-order valence-corrected chi connectivity index (χ1v) is 11.5. The number of ether oxygens (including phenoxy) is 2. The van der Waals surface area contributed by atoms with Gasteiger partial charge in [-0.15, -0.1) is 0 Å². The number of thioether (sulfide) groups is 1. The zero-order chi connectivity index (χ0) is 23.4. The predicted octanol–water partition coefficient (Wildman–Crippen LogP) is 5.65. The zero-order valence-corrected chi connectivity index (χ0v) is 19.5. The second kappa shape index (κ2) is 9.92. The van der Waals surface area contributed by atoms with E-state index < -0.39 is 0 Å². The second-order valence-electron chi connectivity index (χ2n) is 7.27. The molecule has 168 valence electrons. The van der Waals surface area contributed by atoms with Crippen LogP contribution in [0, 0.1) is 0 Å². The maximum atomic E-state index is 13.0. The molecule has 0 saturated carbocycles. The third-order valence-electron chi connectivity index (χ3n) is 5.11. The van der Waals surface area contributed by atoms with Gasteiger partial charge in [-0.05, 0) is 72.8 Å². The molecule has 1 fully saturated rings. The lowest BCUT2D eigenvalue weighted by Crippen LogP contribution is -2.23. The molecule has 3 aromatic carbocycles. The lowest BCUT2D eigenvalue weighted by atomic mass is 10.0. The molecule has 1 amide bonds. The van der Waals surface area contributed by atoms with E-state index in [1.165, 1.54) is 16.7 Å². The van der Waals surface area contributed by atoms with E-state index in [0.29, 0.717) is 34.5 Å². The van der Waals surface area contributed by atoms with Gasteiger partial charge in [0.15, 0.2) is 5.17 Å². The van der Waals surface area contributed by atoms with Crippen LogP contribution in [0.1, 0.15) is 29.8 Å². The Balaban J connectivity index is 1.66. The Morgan fingerprint density at radius 1 is 1.03 bits per heavy atom. The molecule has 1 saturated heterocycles. The summed E-state index contributed by atoms with van der Waals surface area (Å²) in [5.41, 5.74) is 1.98. The molecule has 0 aliphatic carbocycles. The van der Waals surface area contributed by atoms with Crippen molar-refractivity contribution >= 4 is 51.3 Å². The van der Waals surface area contributed by atoms with E-state index in [9.17, 15) is 9.59 Å². The minimum absolute atomic E-state index is 0.128. The van der Waals surface area contributed by atoms with Gasteiger partial charge in [0.2, 0.25) is 0 Å². The second-order valence-corrected chi connectivity index (χ2v) is 8.28. The van der Waals surface area contributed by atoms with Gasteiger partial charge in [0.1, 0.15) is 5.75 Å². The molecule has 4 rings (SSSR count). The number of nitrogens with zero attached hydrogens (tertiary/aromatic N) is 2. The molecule has 33 heavy (non-hydrogen) atoms. The molecule has 1 aliphatic rings.